The minimum atomic E-state index is -0.0789. The second-order valence-corrected chi connectivity index (χ2v) is 6.33. The molecule has 3 aromatic heterocycles. The summed E-state index contributed by atoms with van der Waals surface area (Å²) in [7, 11) is 0. The summed E-state index contributed by atoms with van der Waals surface area (Å²) < 4.78 is 0. The largest absolute Gasteiger partial charge is 0.323 e. The number of thiazole rings is 1. The molecule has 0 fully saturated rings. The smallest absolute Gasteiger partial charge is 0.230 e. The predicted molar refractivity (Wildman–Crippen MR) is 85.8 cm³/mol. The lowest BCUT2D eigenvalue weighted by molar-refractivity contribution is -0.115. The Morgan fingerprint density at radius 2 is 2.24 bits per heavy atom. The normalized spacial score (nSPS) is 10.8. The zero-order chi connectivity index (χ0) is 14.8. The number of amides is 1. The minimum absolute atomic E-state index is 0.0789. The van der Waals surface area contributed by atoms with Gasteiger partial charge in [0.25, 0.3) is 0 Å². The van der Waals surface area contributed by atoms with Gasteiger partial charge in [-0.1, -0.05) is 0 Å². The van der Waals surface area contributed by atoms with Gasteiger partial charge in [-0.05, 0) is 25.3 Å². The lowest BCUT2D eigenvalue weighted by Gasteiger charge is -2.03. The molecule has 3 rings (SSSR count). The third-order valence-corrected chi connectivity index (χ3v) is 4.68. The highest BCUT2D eigenvalue weighted by Crippen LogP contribution is 2.26. The van der Waals surface area contributed by atoms with Gasteiger partial charge in [0.05, 0.1) is 29.2 Å². The molecule has 3 aromatic rings. The monoisotopic (exact) mass is 318 g/mol. The predicted octanol–water partition coefficient (Wildman–Crippen LogP) is 3.39. The Hall–Kier alpha value is -1.99. The molecular formula is C14H14N4OS2. The van der Waals surface area contributed by atoms with E-state index in [4.69, 9.17) is 0 Å². The van der Waals surface area contributed by atoms with E-state index in [1.54, 1.807) is 22.7 Å². The molecule has 0 saturated heterocycles. The van der Waals surface area contributed by atoms with Gasteiger partial charge in [0.2, 0.25) is 5.91 Å². The number of hydrogen-bond acceptors (Lipinski definition) is 5. The van der Waals surface area contributed by atoms with Crippen molar-refractivity contribution in [3.05, 3.63) is 39.3 Å². The molecule has 0 spiro atoms. The van der Waals surface area contributed by atoms with Crippen LogP contribution in [0.15, 0.2) is 22.2 Å². The van der Waals surface area contributed by atoms with E-state index in [2.05, 4.69) is 25.9 Å². The van der Waals surface area contributed by atoms with Crippen molar-refractivity contribution in [2.75, 3.05) is 5.32 Å². The molecule has 0 aliphatic heterocycles. The van der Waals surface area contributed by atoms with Crippen molar-refractivity contribution in [3.8, 4) is 10.6 Å². The van der Waals surface area contributed by atoms with Crippen LogP contribution in [0.4, 0.5) is 5.69 Å². The Morgan fingerprint density at radius 3 is 2.90 bits per heavy atom. The van der Waals surface area contributed by atoms with Crippen molar-refractivity contribution < 1.29 is 4.79 Å². The maximum atomic E-state index is 12.1. The summed E-state index contributed by atoms with van der Waals surface area (Å²) in [5.41, 5.74) is 4.31. The van der Waals surface area contributed by atoms with E-state index in [1.807, 2.05) is 30.7 Å². The fraction of sp³-hybridized carbons (Fsp3) is 0.214. The number of thiophene rings is 1. The molecule has 0 atom stereocenters. The molecule has 0 bridgehead atoms. The molecule has 108 valence electrons. The zero-order valence-electron chi connectivity index (χ0n) is 11.6. The second kappa shape index (κ2) is 5.79. The molecule has 7 heteroatoms. The molecular weight excluding hydrogens is 304 g/mol. The average Bonchev–Trinajstić information content (AvgIpc) is 3.16. The molecule has 0 radical (unpaired) electrons. The van der Waals surface area contributed by atoms with E-state index >= 15 is 0 Å². The summed E-state index contributed by atoms with van der Waals surface area (Å²) in [6, 6.07) is 2.03. The Bertz CT molecular complexity index is 738. The summed E-state index contributed by atoms with van der Waals surface area (Å²) in [4.78, 5) is 16.6. The number of carbonyl (C=O) groups is 1. The average molecular weight is 318 g/mol. The van der Waals surface area contributed by atoms with Crippen LogP contribution in [0, 0.1) is 13.8 Å². The number of nitrogens with one attached hydrogen (secondary N) is 2. The van der Waals surface area contributed by atoms with Crippen molar-refractivity contribution >= 4 is 34.3 Å². The van der Waals surface area contributed by atoms with E-state index in [0.29, 0.717) is 0 Å². The van der Waals surface area contributed by atoms with Crippen LogP contribution in [0.1, 0.15) is 17.1 Å². The van der Waals surface area contributed by atoms with Gasteiger partial charge in [-0.3, -0.25) is 9.89 Å². The van der Waals surface area contributed by atoms with Gasteiger partial charge in [-0.25, -0.2) is 4.98 Å². The fourth-order valence-corrected chi connectivity index (χ4v) is 3.52. The number of aromatic amines is 1. The summed E-state index contributed by atoms with van der Waals surface area (Å²) in [6.45, 7) is 3.74. The Labute approximate surface area is 130 Å². The van der Waals surface area contributed by atoms with Crippen molar-refractivity contribution in [2.45, 2.75) is 20.3 Å². The van der Waals surface area contributed by atoms with Crippen LogP contribution in [-0.4, -0.2) is 21.1 Å². The van der Waals surface area contributed by atoms with Crippen LogP contribution in [-0.2, 0) is 11.2 Å². The Balaban J connectivity index is 1.68. The van der Waals surface area contributed by atoms with Crippen molar-refractivity contribution in [1.82, 2.24) is 15.2 Å². The highest BCUT2D eigenvalue weighted by Gasteiger charge is 2.13. The number of hydrogen-bond donors (Lipinski definition) is 2. The molecule has 0 aromatic carbocycles. The van der Waals surface area contributed by atoms with Crippen LogP contribution >= 0.6 is 22.7 Å². The molecule has 2 N–H and O–H groups in total. The highest BCUT2D eigenvalue weighted by molar-refractivity contribution is 7.14. The number of carbonyl (C=O) groups excluding carboxylic acids is 1. The number of aryl methyl sites for hydroxylation is 2. The lowest BCUT2D eigenvalue weighted by atomic mass is 10.2. The molecule has 1 amide bonds. The number of rotatable bonds is 4. The second-order valence-electron chi connectivity index (χ2n) is 4.69. The SMILES string of the molecule is Cc1n[nH]c(C)c1NC(=O)Cc1csc(-c2ccsc2)n1. The summed E-state index contributed by atoms with van der Waals surface area (Å²) >= 11 is 3.20. The molecule has 21 heavy (non-hydrogen) atoms. The summed E-state index contributed by atoms with van der Waals surface area (Å²) in [6.07, 6.45) is 0.269. The maximum Gasteiger partial charge on any atom is 0.230 e. The van der Waals surface area contributed by atoms with Crippen LogP contribution in [0.2, 0.25) is 0 Å². The van der Waals surface area contributed by atoms with Crippen molar-refractivity contribution in [1.29, 1.82) is 0 Å². The summed E-state index contributed by atoms with van der Waals surface area (Å²) in [5.74, 6) is -0.0789. The van der Waals surface area contributed by atoms with Gasteiger partial charge in [0.1, 0.15) is 5.01 Å². The first-order valence-corrected chi connectivity index (χ1v) is 8.24. The molecule has 0 aliphatic rings. The first-order chi connectivity index (χ1) is 10.1. The van der Waals surface area contributed by atoms with Crippen molar-refractivity contribution in [2.24, 2.45) is 0 Å². The standard InChI is InChI=1S/C14H14N4OS2/c1-8-13(9(2)18-17-8)16-12(19)5-11-7-21-14(15-11)10-3-4-20-6-10/h3-4,6-7H,5H2,1-2H3,(H,16,19)(H,17,18). The number of H-pyrrole nitrogens is 1. The minimum Gasteiger partial charge on any atom is -0.323 e. The van der Waals surface area contributed by atoms with Crippen molar-refractivity contribution in [3.63, 3.8) is 0 Å². The van der Waals surface area contributed by atoms with E-state index in [9.17, 15) is 4.79 Å². The quantitative estimate of drug-likeness (QED) is 0.774. The maximum absolute atomic E-state index is 12.1. The van der Waals surface area contributed by atoms with E-state index in [1.165, 1.54) is 0 Å². The lowest BCUT2D eigenvalue weighted by Crippen LogP contribution is -2.15. The van der Waals surface area contributed by atoms with Crippen LogP contribution in [0.5, 0.6) is 0 Å². The van der Waals surface area contributed by atoms with E-state index in [0.717, 1.165) is 33.3 Å². The summed E-state index contributed by atoms with van der Waals surface area (Å²) in [5, 5.41) is 16.8. The highest BCUT2D eigenvalue weighted by atomic mass is 32.1. The zero-order valence-corrected chi connectivity index (χ0v) is 13.3. The molecule has 5 nitrogen and oxygen atoms in total. The van der Waals surface area contributed by atoms with Gasteiger partial charge in [0, 0.05) is 16.3 Å². The topological polar surface area (TPSA) is 70.7 Å². The van der Waals surface area contributed by atoms with Gasteiger partial charge in [0.15, 0.2) is 0 Å². The number of nitrogens with zero attached hydrogens (tertiary/aromatic N) is 2. The van der Waals surface area contributed by atoms with Crippen LogP contribution in [0.25, 0.3) is 10.6 Å². The van der Waals surface area contributed by atoms with Gasteiger partial charge >= 0.3 is 0 Å². The first kappa shape index (κ1) is 14.0. The molecule has 0 unspecified atom stereocenters. The van der Waals surface area contributed by atoms with Crippen LogP contribution < -0.4 is 5.32 Å². The molecule has 3 heterocycles. The molecule has 0 saturated carbocycles. The third kappa shape index (κ3) is 3.03. The third-order valence-electron chi connectivity index (χ3n) is 3.05. The van der Waals surface area contributed by atoms with E-state index < -0.39 is 0 Å². The van der Waals surface area contributed by atoms with Gasteiger partial charge < -0.3 is 5.32 Å². The van der Waals surface area contributed by atoms with Gasteiger partial charge in [-0.2, -0.15) is 16.4 Å². The number of aromatic nitrogens is 3. The van der Waals surface area contributed by atoms with Gasteiger partial charge in [-0.15, -0.1) is 11.3 Å². The fourth-order valence-electron chi connectivity index (χ4n) is 1.99. The Kier molecular flexibility index (Phi) is 3.85. The molecule has 0 aliphatic carbocycles. The van der Waals surface area contributed by atoms with Crippen LogP contribution in [0.3, 0.4) is 0 Å². The van der Waals surface area contributed by atoms with E-state index in [-0.39, 0.29) is 12.3 Å². The Morgan fingerprint density at radius 1 is 1.38 bits per heavy atom. The first-order valence-electron chi connectivity index (χ1n) is 6.42. The number of anilines is 1.